The molecule has 1 aromatic heterocycles. The van der Waals surface area contributed by atoms with Crippen LogP contribution in [0.4, 0.5) is 4.39 Å². The van der Waals surface area contributed by atoms with Crippen molar-refractivity contribution in [3.05, 3.63) is 71.7 Å². The summed E-state index contributed by atoms with van der Waals surface area (Å²) in [5.74, 6) is -0.135. The van der Waals surface area contributed by atoms with Gasteiger partial charge in [-0.2, -0.15) is 0 Å². The smallest absolute Gasteiger partial charge is 0.128 e. The lowest BCUT2D eigenvalue weighted by atomic mass is 9.96. The van der Waals surface area contributed by atoms with Crippen LogP contribution in [0.1, 0.15) is 56.1 Å². The van der Waals surface area contributed by atoms with E-state index < -0.39 is 0 Å². The fourth-order valence-corrected chi connectivity index (χ4v) is 4.32. The van der Waals surface area contributed by atoms with Crippen LogP contribution in [0.3, 0.4) is 0 Å². The van der Waals surface area contributed by atoms with E-state index in [4.69, 9.17) is 0 Å². The molecule has 142 valence electrons. The van der Waals surface area contributed by atoms with Crippen LogP contribution in [0.15, 0.2) is 54.7 Å². The molecule has 3 aromatic rings. The van der Waals surface area contributed by atoms with Crippen LogP contribution in [0.2, 0.25) is 0 Å². The maximum absolute atomic E-state index is 14.1. The fraction of sp³-hybridized carbons (Fsp3) is 0.417. The zero-order valence-corrected chi connectivity index (χ0v) is 16.0. The van der Waals surface area contributed by atoms with E-state index in [-0.39, 0.29) is 5.82 Å². The van der Waals surface area contributed by atoms with Gasteiger partial charge < -0.3 is 9.88 Å². The molecule has 0 bridgehead atoms. The normalized spacial score (nSPS) is 16.3. The Labute approximate surface area is 161 Å². The van der Waals surface area contributed by atoms with Gasteiger partial charge in [0.05, 0.1) is 6.54 Å². The van der Waals surface area contributed by atoms with Gasteiger partial charge >= 0.3 is 0 Å². The predicted molar refractivity (Wildman–Crippen MR) is 110 cm³/mol. The van der Waals surface area contributed by atoms with Crippen LogP contribution in [0.25, 0.3) is 10.9 Å². The number of fused-ring (bicyclic) bond motifs is 1. The van der Waals surface area contributed by atoms with Gasteiger partial charge in [-0.15, -0.1) is 0 Å². The van der Waals surface area contributed by atoms with Gasteiger partial charge in [-0.25, -0.2) is 4.39 Å². The topological polar surface area (TPSA) is 17.0 Å². The molecular weight excluding hydrogens is 335 g/mol. The standard InChI is InChI=1S/C24H29FN2/c25-23-14-8-6-10-19(23)17-27-18-20(22-13-7-9-15-24(22)27)16-26-21-11-4-2-1-3-5-12-21/h6-10,13-15,18,21,26H,1-5,11-12,16-17H2. The van der Waals surface area contributed by atoms with E-state index >= 15 is 0 Å². The molecule has 3 heteroatoms. The lowest BCUT2D eigenvalue weighted by Crippen LogP contribution is -2.29. The van der Waals surface area contributed by atoms with Crippen LogP contribution in [0.5, 0.6) is 0 Å². The molecule has 2 nitrogen and oxygen atoms in total. The van der Waals surface area contributed by atoms with E-state index in [1.807, 2.05) is 12.1 Å². The number of aromatic nitrogens is 1. The Hall–Kier alpha value is -2.13. The summed E-state index contributed by atoms with van der Waals surface area (Å²) in [5, 5.41) is 5.07. The fourth-order valence-electron chi connectivity index (χ4n) is 4.32. The molecule has 1 N–H and O–H groups in total. The quantitative estimate of drug-likeness (QED) is 0.585. The summed E-state index contributed by atoms with van der Waals surface area (Å²) >= 11 is 0. The minimum atomic E-state index is -0.135. The summed E-state index contributed by atoms with van der Waals surface area (Å²) in [6.07, 6.45) is 11.6. The summed E-state index contributed by atoms with van der Waals surface area (Å²) in [6.45, 7) is 1.45. The highest BCUT2D eigenvalue weighted by Crippen LogP contribution is 2.24. The highest BCUT2D eigenvalue weighted by Gasteiger charge is 2.14. The Bertz CT molecular complexity index is 875. The van der Waals surface area contributed by atoms with Crippen LogP contribution < -0.4 is 5.32 Å². The molecule has 0 radical (unpaired) electrons. The Morgan fingerprint density at radius 2 is 1.56 bits per heavy atom. The molecule has 2 aromatic carbocycles. The second-order valence-electron chi connectivity index (χ2n) is 7.81. The van der Waals surface area contributed by atoms with Gasteiger partial charge in [0.15, 0.2) is 0 Å². The Kier molecular flexibility index (Phi) is 5.88. The molecule has 4 rings (SSSR count). The minimum absolute atomic E-state index is 0.135. The number of hydrogen-bond donors (Lipinski definition) is 1. The van der Waals surface area contributed by atoms with Crippen LogP contribution in [-0.2, 0) is 13.1 Å². The summed E-state index contributed by atoms with van der Waals surface area (Å²) in [5.41, 5.74) is 3.22. The van der Waals surface area contributed by atoms with E-state index in [1.165, 1.54) is 67.5 Å². The second kappa shape index (κ2) is 8.71. The zero-order valence-electron chi connectivity index (χ0n) is 16.0. The predicted octanol–water partition coefficient (Wildman–Crippen LogP) is 6.03. The van der Waals surface area contributed by atoms with Gasteiger partial charge in [0.2, 0.25) is 0 Å². The Balaban J connectivity index is 1.53. The zero-order chi connectivity index (χ0) is 18.5. The number of benzene rings is 2. The molecule has 0 amide bonds. The SMILES string of the molecule is Fc1ccccc1Cn1cc(CNC2CCCCCCC2)c2ccccc21. The Morgan fingerprint density at radius 3 is 2.37 bits per heavy atom. The van der Waals surface area contributed by atoms with Crippen molar-refractivity contribution in [2.45, 2.75) is 64.1 Å². The van der Waals surface area contributed by atoms with Crippen molar-refractivity contribution < 1.29 is 4.39 Å². The van der Waals surface area contributed by atoms with E-state index in [2.05, 4.69) is 40.3 Å². The number of para-hydroxylation sites is 1. The molecule has 0 saturated heterocycles. The van der Waals surface area contributed by atoms with Crippen LogP contribution in [0, 0.1) is 5.82 Å². The van der Waals surface area contributed by atoms with Crippen molar-refractivity contribution in [3.8, 4) is 0 Å². The van der Waals surface area contributed by atoms with Crippen molar-refractivity contribution in [3.63, 3.8) is 0 Å². The number of halogens is 1. The van der Waals surface area contributed by atoms with Gasteiger partial charge in [0.25, 0.3) is 0 Å². The first kappa shape index (κ1) is 18.2. The number of nitrogens with zero attached hydrogens (tertiary/aromatic N) is 1. The molecule has 27 heavy (non-hydrogen) atoms. The van der Waals surface area contributed by atoms with Crippen molar-refractivity contribution in [1.29, 1.82) is 0 Å². The average molecular weight is 365 g/mol. The monoisotopic (exact) mass is 364 g/mol. The van der Waals surface area contributed by atoms with Crippen molar-refractivity contribution >= 4 is 10.9 Å². The van der Waals surface area contributed by atoms with Crippen molar-refractivity contribution in [1.82, 2.24) is 9.88 Å². The molecule has 1 saturated carbocycles. The van der Waals surface area contributed by atoms with Crippen molar-refractivity contribution in [2.75, 3.05) is 0 Å². The number of rotatable bonds is 5. The first-order valence-corrected chi connectivity index (χ1v) is 10.3. The van der Waals surface area contributed by atoms with Gasteiger partial charge in [-0.3, -0.25) is 0 Å². The van der Waals surface area contributed by atoms with Gasteiger partial charge in [0.1, 0.15) is 5.82 Å². The van der Waals surface area contributed by atoms with Crippen molar-refractivity contribution in [2.24, 2.45) is 0 Å². The van der Waals surface area contributed by atoms with Crippen LogP contribution >= 0.6 is 0 Å². The third-order valence-corrected chi connectivity index (χ3v) is 5.86. The van der Waals surface area contributed by atoms with Crippen LogP contribution in [-0.4, -0.2) is 10.6 Å². The lowest BCUT2D eigenvalue weighted by Gasteiger charge is -2.21. The third-order valence-electron chi connectivity index (χ3n) is 5.86. The molecule has 0 atom stereocenters. The van der Waals surface area contributed by atoms with Gasteiger partial charge in [0, 0.05) is 35.2 Å². The second-order valence-corrected chi connectivity index (χ2v) is 7.81. The molecule has 1 aliphatic rings. The maximum Gasteiger partial charge on any atom is 0.128 e. The minimum Gasteiger partial charge on any atom is -0.343 e. The summed E-state index contributed by atoms with van der Waals surface area (Å²) in [4.78, 5) is 0. The highest BCUT2D eigenvalue weighted by atomic mass is 19.1. The van der Waals surface area contributed by atoms with E-state index in [1.54, 1.807) is 6.07 Å². The molecule has 1 heterocycles. The summed E-state index contributed by atoms with van der Waals surface area (Å²) in [6, 6.07) is 16.2. The van der Waals surface area contributed by atoms with E-state index in [0.29, 0.717) is 12.6 Å². The highest BCUT2D eigenvalue weighted by molar-refractivity contribution is 5.84. The lowest BCUT2D eigenvalue weighted by molar-refractivity contribution is 0.389. The largest absolute Gasteiger partial charge is 0.343 e. The number of hydrogen-bond acceptors (Lipinski definition) is 1. The average Bonchev–Trinajstić information content (AvgIpc) is 3.01. The summed E-state index contributed by atoms with van der Waals surface area (Å²) < 4.78 is 16.3. The van der Waals surface area contributed by atoms with Gasteiger partial charge in [-0.05, 0) is 30.5 Å². The first-order chi connectivity index (χ1) is 13.3. The molecule has 0 unspecified atom stereocenters. The molecule has 1 aliphatic carbocycles. The first-order valence-electron chi connectivity index (χ1n) is 10.3. The molecule has 0 aliphatic heterocycles. The van der Waals surface area contributed by atoms with E-state index in [9.17, 15) is 4.39 Å². The molecule has 1 fully saturated rings. The van der Waals surface area contributed by atoms with Gasteiger partial charge in [-0.1, -0.05) is 68.5 Å². The third kappa shape index (κ3) is 4.41. The molecular formula is C24H29FN2. The summed E-state index contributed by atoms with van der Waals surface area (Å²) in [7, 11) is 0. The maximum atomic E-state index is 14.1. The van der Waals surface area contributed by atoms with E-state index in [0.717, 1.165) is 12.1 Å². The number of nitrogens with one attached hydrogen (secondary N) is 1. The Morgan fingerprint density at radius 1 is 0.852 bits per heavy atom. The molecule has 0 spiro atoms.